The topological polar surface area (TPSA) is 50.4 Å². The van der Waals surface area contributed by atoms with E-state index in [9.17, 15) is 4.79 Å². The molecule has 0 saturated carbocycles. The average Bonchev–Trinajstić information content (AvgIpc) is 2.49. The van der Waals surface area contributed by atoms with Crippen molar-refractivity contribution in [3.8, 4) is 5.75 Å². The van der Waals surface area contributed by atoms with Crippen LogP contribution in [0.25, 0.3) is 0 Å². The van der Waals surface area contributed by atoms with Crippen molar-refractivity contribution in [3.05, 3.63) is 24.3 Å². The smallest absolute Gasteiger partial charge is 0.239 e. The lowest BCUT2D eigenvalue weighted by atomic mass is 10.2. The molecule has 1 rings (SSSR count). The molecule has 0 bridgehead atoms. The van der Waals surface area contributed by atoms with Gasteiger partial charge in [0.1, 0.15) is 5.75 Å². The monoisotopic (exact) mass is 292 g/mol. The summed E-state index contributed by atoms with van der Waals surface area (Å²) in [5.41, 5.74) is 0.907. The normalized spacial score (nSPS) is 10.2. The predicted octanol–water partition coefficient (Wildman–Crippen LogP) is 3.58. The van der Waals surface area contributed by atoms with Crippen molar-refractivity contribution >= 4 is 11.6 Å². The van der Waals surface area contributed by atoms with Gasteiger partial charge in [-0.05, 0) is 25.5 Å². The van der Waals surface area contributed by atoms with E-state index in [1.54, 1.807) is 0 Å². The second-order valence-electron chi connectivity index (χ2n) is 5.10. The lowest BCUT2D eigenvalue weighted by Crippen LogP contribution is -2.29. The van der Waals surface area contributed by atoms with Crippen LogP contribution in [0.3, 0.4) is 0 Å². The third kappa shape index (κ3) is 8.23. The van der Waals surface area contributed by atoms with Gasteiger partial charge in [0, 0.05) is 18.3 Å². The highest BCUT2D eigenvalue weighted by molar-refractivity contribution is 5.80. The van der Waals surface area contributed by atoms with Crippen molar-refractivity contribution in [3.63, 3.8) is 0 Å². The number of benzene rings is 1. The second-order valence-corrected chi connectivity index (χ2v) is 5.10. The first-order valence-corrected chi connectivity index (χ1v) is 7.99. The van der Waals surface area contributed by atoms with Crippen LogP contribution in [0.1, 0.15) is 46.0 Å². The maximum absolute atomic E-state index is 11.4. The molecule has 0 aliphatic heterocycles. The van der Waals surface area contributed by atoms with Crippen molar-refractivity contribution in [2.45, 2.75) is 46.0 Å². The minimum atomic E-state index is -0.000236. The Hall–Kier alpha value is -1.71. The van der Waals surface area contributed by atoms with Gasteiger partial charge in [-0.25, -0.2) is 0 Å². The van der Waals surface area contributed by atoms with E-state index < -0.39 is 0 Å². The van der Waals surface area contributed by atoms with Crippen molar-refractivity contribution in [2.75, 3.05) is 25.0 Å². The van der Waals surface area contributed by atoms with E-state index in [1.165, 1.54) is 25.7 Å². The summed E-state index contributed by atoms with van der Waals surface area (Å²) in [5, 5.41) is 5.85. The lowest BCUT2D eigenvalue weighted by Gasteiger charge is -2.10. The van der Waals surface area contributed by atoms with Gasteiger partial charge >= 0.3 is 0 Å². The first-order chi connectivity index (χ1) is 10.3. The Bertz CT molecular complexity index is 408. The number of carbonyl (C=O) groups excluding carboxylic acids is 1. The minimum Gasteiger partial charge on any atom is -0.494 e. The maximum Gasteiger partial charge on any atom is 0.239 e. The first-order valence-electron chi connectivity index (χ1n) is 7.99. The first kappa shape index (κ1) is 17.3. The highest BCUT2D eigenvalue weighted by atomic mass is 16.5. The molecule has 4 heteroatoms. The standard InChI is InChI=1S/C17H28N2O2/c1-3-5-6-7-8-12-21-16-11-9-10-15(13-16)19-14-17(20)18-4-2/h9-11,13,19H,3-8,12,14H2,1-2H3,(H,18,20). The molecule has 0 saturated heterocycles. The van der Waals surface area contributed by atoms with Gasteiger partial charge in [0.15, 0.2) is 0 Å². The predicted molar refractivity (Wildman–Crippen MR) is 87.9 cm³/mol. The number of rotatable bonds is 11. The summed E-state index contributed by atoms with van der Waals surface area (Å²) in [6.07, 6.45) is 6.17. The third-order valence-corrected chi connectivity index (χ3v) is 3.18. The highest BCUT2D eigenvalue weighted by Crippen LogP contribution is 2.17. The van der Waals surface area contributed by atoms with Gasteiger partial charge in [-0.3, -0.25) is 4.79 Å². The number of carbonyl (C=O) groups is 1. The van der Waals surface area contributed by atoms with Crippen LogP contribution in [0.15, 0.2) is 24.3 Å². The van der Waals surface area contributed by atoms with Crippen LogP contribution < -0.4 is 15.4 Å². The molecule has 118 valence electrons. The van der Waals surface area contributed by atoms with E-state index in [2.05, 4.69) is 17.6 Å². The molecule has 1 aromatic rings. The molecule has 21 heavy (non-hydrogen) atoms. The summed E-state index contributed by atoms with van der Waals surface area (Å²) in [4.78, 5) is 11.4. The molecule has 0 spiro atoms. The lowest BCUT2D eigenvalue weighted by molar-refractivity contribution is -0.119. The van der Waals surface area contributed by atoms with Crippen LogP contribution in [0.5, 0.6) is 5.75 Å². The summed E-state index contributed by atoms with van der Waals surface area (Å²) in [6, 6.07) is 7.76. The minimum absolute atomic E-state index is 0.000236. The molecule has 0 aliphatic rings. The van der Waals surface area contributed by atoms with Gasteiger partial charge in [0.25, 0.3) is 0 Å². The zero-order valence-corrected chi connectivity index (χ0v) is 13.3. The van der Waals surface area contributed by atoms with E-state index in [0.717, 1.165) is 24.5 Å². The van der Waals surface area contributed by atoms with Crippen molar-refractivity contribution < 1.29 is 9.53 Å². The van der Waals surface area contributed by atoms with E-state index in [0.29, 0.717) is 6.54 Å². The molecule has 1 aromatic carbocycles. The zero-order valence-electron chi connectivity index (χ0n) is 13.3. The number of amides is 1. The Kier molecular flexibility index (Phi) is 9.09. The number of anilines is 1. The molecule has 4 nitrogen and oxygen atoms in total. The number of ether oxygens (including phenoxy) is 1. The van der Waals surface area contributed by atoms with Gasteiger partial charge in [-0.1, -0.05) is 38.7 Å². The van der Waals surface area contributed by atoms with E-state index in [4.69, 9.17) is 4.74 Å². The average molecular weight is 292 g/mol. The zero-order chi connectivity index (χ0) is 15.3. The molecule has 0 unspecified atom stereocenters. The molecule has 2 N–H and O–H groups in total. The highest BCUT2D eigenvalue weighted by Gasteiger charge is 2.00. The van der Waals surface area contributed by atoms with Gasteiger partial charge in [-0.15, -0.1) is 0 Å². The largest absolute Gasteiger partial charge is 0.494 e. The van der Waals surface area contributed by atoms with Gasteiger partial charge < -0.3 is 15.4 Å². The Labute approximate surface area is 128 Å². The molecular formula is C17H28N2O2. The van der Waals surface area contributed by atoms with Crippen LogP contribution >= 0.6 is 0 Å². The summed E-state index contributed by atoms with van der Waals surface area (Å²) in [7, 11) is 0. The number of hydrogen-bond donors (Lipinski definition) is 2. The molecule has 0 aliphatic carbocycles. The molecule has 0 radical (unpaired) electrons. The Morgan fingerprint density at radius 1 is 1.14 bits per heavy atom. The SMILES string of the molecule is CCCCCCCOc1cccc(NCC(=O)NCC)c1. The molecule has 0 heterocycles. The van der Waals surface area contributed by atoms with Crippen LogP contribution in [0, 0.1) is 0 Å². The molecule has 0 fully saturated rings. The van der Waals surface area contributed by atoms with Gasteiger partial charge in [-0.2, -0.15) is 0 Å². The third-order valence-electron chi connectivity index (χ3n) is 3.18. The summed E-state index contributed by atoms with van der Waals surface area (Å²) < 4.78 is 5.74. The van der Waals surface area contributed by atoms with Crippen LogP contribution in [-0.2, 0) is 4.79 Å². The fourth-order valence-corrected chi connectivity index (χ4v) is 2.03. The van der Waals surface area contributed by atoms with Crippen LogP contribution in [-0.4, -0.2) is 25.6 Å². The number of unbranched alkanes of at least 4 members (excludes halogenated alkanes) is 4. The van der Waals surface area contributed by atoms with Gasteiger partial charge in [0.05, 0.1) is 13.2 Å². The number of hydrogen-bond acceptors (Lipinski definition) is 3. The molecule has 0 aromatic heterocycles. The Morgan fingerprint density at radius 3 is 2.71 bits per heavy atom. The Morgan fingerprint density at radius 2 is 1.95 bits per heavy atom. The van der Waals surface area contributed by atoms with E-state index in [-0.39, 0.29) is 12.5 Å². The molecule has 0 atom stereocenters. The van der Waals surface area contributed by atoms with Crippen molar-refractivity contribution in [1.82, 2.24) is 5.32 Å². The molecular weight excluding hydrogens is 264 g/mol. The number of nitrogens with one attached hydrogen (secondary N) is 2. The maximum atomic E-state index is 11.4. The van der Waals surface area contributed by atoms with Crippen LogP contribution in [0.4, 0.5) is 5.69 Å². The van der Waals surface area contributed by atoms with Crippen molar-refractivity contribution in [1.29, 1.82) is 0 Å². The summed E-state index contributed by atoms with van der Waals surface area (Å²) in [5.74, 6) is 0.853. The van der Waals surface area contributed by atoms with Crippen molar-refractivity contribution in [2.24, 2.45) is 0 Å². The quantitative estimate of drug-likeness (QED) is 0.613. The number of likely N-dealkylation sites (N-methyl/N-ethyl adjacent to an activating group) is 1. The van der Waals surface area contributed by atoms with E-state index in [1.807, 2.05) is 31.2 Å². The summed E-state index contributed by atoms with van der Waals surface area (Å²) >= 11 is 0. The van der Waals surface area contributed by atoms with Gasteiger partial charge in [0.2, 0.25) is 5.91 Å². The fourth-order valence-electron chi connectivity index (χ4n) is 2.03. The Balaban J connectivity index is 2.26. The van der Waals surface area contributed by atoms with Crippen LogP contribution in [0.2, 0.25) is 0 Å². The summed E-state index contributed by atoms with van der Waals surface area (Å²) in [6.45, 7) is 5.82. The van der Waals surface area contributed by atoms with E-state index >= 15 is 0 Å². The molecule has 1 amide bonds. The second kappa shape index (κ2) is 11.0. The fraction of sp³-hybridized carbons (Fsp3) is 0.588.